The molecule has 6 heteroatoms. The molecule has 0 fully saturated rings. The number of hydrogen-bond donors (Lipinski definition) is 1. The van der Waals surface area contributed by atoms with Crippen molar-refractivity contribution in [1.82, 2.24) is 10.2 Å². The number of halogens is 1. The fourth-order valence-corrected chi connectivity index (χ4v) is 1.50. The average molecular weight is 221 g/mol. The second-order valence-electron chi connectivity index (χ2n) is 3.28. The summed E-state index contributed by atoms with van der Waals surface area (Å²) < 4.78 is 13.8. The van der Waals surface area contributed by atoms with E-state index in [1.807, 2.05) is 0 Å². The molecular formula is C10H8FN3O2. The van der Waals surface area contributed by atoms with E-state index in [-0.39, 0.29) is 5.56 Å². The summed E-state index contributed by atoms with van der Waals surface area (Å²) in [6.45, 7) is 1.70. The second kappa shape index (κ2) is 3.73. The highest BCUT2D eigenvalue weighted by molar-refractivity contribution is 5.68. The topological polar surface area (TPSA) is 71.8 Å². The summed E-state index contributed by atoms with van der Waals surface area (Å²) in [6.07, 6.45) is 1.51. The SMILES string of the molecule is Cc1n[nH]cc1-c1cccc([N+](=O)[O-])c1F. The van der Waals surface area contributed by atoms with Crippen LogP contribution in [0.15, 0.2) is 24.4 Å². The van der Waals surface area contributed by atoms with Crippen molar-refractivity contribution < 1.29 is 9.31 Å². The molecule has 0 unspecified atom stereocenters. The van der Waals surface area contributed by atoms with Gasteiger partial charge in [-0.15, -0.1) is 0 Å². The Bertz CT molecular complexity index is 551. The molecule has 0 spiro atoms. The fraction of sp³-hybridized carbons (Fsp3) is 0.100. The van der Waals surface area contributed by atoms with E-state index in [2.05, 4.69) is 10.2 Å². The number of aryl methyl sites for hydroxylation is 1. The second-order valence-corrected chi connectivity index (χ2v) is 3.28. The van der Waals surface area contributed by atoms with Crippen molar-refractivity contribution in [3.05, 3.63) is 46.0 Å². The van der Waals surface area contributed by atoms with Crippen LogP contribution in [0.4, 0.5) is 10.1 Å². The predicted octanol–water partition coefficient (Wildman–Crippen LogP) is 2.43. The van der Waals surface area contributed by atoms with Crippen LogP contribution in [0.25, 0.3) is 11.1 Å². The Morgan fingerprint density at radius 3 is 2.75 bits per heavy atom. The van der Waals surface area contributed by atoms with E-state index in [4.69, 9.17) is 0 Å². The minimum Gasteiger partial charge on any atom is -0.285 e. The maximum Gasteiger partial charge on any atom is 0.305 e. The molecule has 0 aliphatic rings. The first-order valence-electron chi connectivity index (χ1n) is 4.55. The van der Waals surface area contributed by atoms with E-state index in [0.29, 0.717) is 11.3 Å². The van der Waals surface area contributed by atoms with Gasteiger partial charge in [-0.1, -0.05) is 12.1 Å². The summed E-state index contributed by atoms with van der Waals surface area (Å²) in [5.41, 5.74) is 0.777. The van der Waals surface area contributed by atoms with Crippen LogP contribution >= 0.6 is 0 Å². The molecule has 1 aromatic heterocycles. The zero-order valence-corrected chi connectivity index (χ0v) is 8.40. The molecule has 0 amide bonds. The lowest BCUT2D eigenvalue weighted by Crippen LogP contribution is -1.94. The number of nitro benzene ring substituents is 1. The highest BCUT2D eigenvalue weighted by atomic mass is 19.1. The first kappa shape index (κ1) is 10.3. The Kier molecular flexibility index (Phi) is 2.40. The van der Waals surface area contributed by atoms with Crippen LogP contribution < -0.4 is 0 Å². The summed E-state index contributed by atoms with van der Waals surface area (Å²) in [7, 11) is 0. The highest BCUT2D eigenvalue weighted by Gasteiger charge is 2.19. The highest BCUT2D eigenvalue weighted by Crippen LogP contribution is 2.29. The van der Waals surface area contributed by atoms with Crippen molar-refractivity contribution in [2.75, 3.05) is 0 Å². The van der Waals surface area contributed by atoms with Gasteiger partial charge >= 0.3 is 5.69 Å². The summed E-state index contributed by atoms with van der Waals surface area (Å²) in [5.74, 6) is -0.836. The van der Waals surface area contributed by atoms with Crippen molar-refractivity contribution in [1.29, 1.82) is 0 Å². The third-order valence-corrected chi connectivity index (χ3v) is 2.30. The molecule has 0 aliphatic heterocycles. The van der Waals surface area contributed by atoms with Gasteiger partial charge in [-0.25, -0.2) is 0 Å². The molecule has 1 aromatic carbocycles. The normalized spacial score (nSPS) is 10.4. The Hall–Kier alpha value is -2.24. The zero-order valence-electron chi connectivity index (χ0n) is 8.40. The molecule has 0 aliphatic carbocycles. The summed E-state index contributed by atoms with van der Waals surface area (Å²) in [4.78, 5) is 9.83. The Morgan fingerprint density at radius 1 is 1.44 bits per heavy atom. The molecule has 2 aromatic rings. The Morgan fingerprint density at radius 2 is 2.19 bits per heavy atom. The Balaban J connectivity index is 2.63. The predicted molar refractivity (Wildman–Crippen MR) is 55.4 cm³/mol. The number of nitrogens with zero attached hydrogens (tertiary/aromatic N) is 2. The number of aromatic amines is 1. The number of benzene rings is 1. The van der Waals surface area contributed by atoms with E-state index >= 15 is 0 Å². The van der Waals surface area contributed by atoms with Crippen LogP contribution in [0.1, 0.15) is 5.69 Å². The number of hydrogen-bond acceptors (Lipinski definition) is 3. The quantitative estimate of drug-likeness (QED) is 0.625. The number of aromatic nitrogens is 2. The average Bonchev–Trinajstić information content (AvgIpc) is 2.64. The number of H-pyrrole nitrogens is 1. The number of nitrogens with one attached hydrogen (secondary N) is 1. The van der Waals surface area contributed by atoms with Gasteiger partial charge in [-0.05, 0) is 6.92 Å². The van der Waals surface area contributed by atoms with Crippen LogP contribution in [0, 0.1) is 22.9 Å². The standard InChI is InChI=1S/C10H8FN3O2/c1-6-8(5-12-13-6)7-3-2-4-9(10(7)11)14(15)16/h2-5H,1H3,(H,12,13). The third-order valence-electron chi connectivity index (χ3n) is 2.30. The van der Waals surface area contributed by atoms with Gasteiger partial charge in [-0.2, -0.15) is 9.49 Å². The van der Waals surface area contributed by atoms with Crippen molar-refractivity contribution in [2.45, 2.75) is 6.92 Å². The molecule has 1 N–H and O–H groups in total. The van der Waals surface area contributed by atoms with Crippen LogP contribution in [-0.4, -0.2) is 15.1 Å². The lowest BCUT2D eigenvalue weighted by molar-refractivity contribution is -0.387. The van der Waals surface area contributed by atoms with Gasteiger partial charge in [0, 0.05) is 23.4 Å². The van der Waals surface area contributed by atoms with E-state index < -0.39 is 16.4 Å². The fourth-order valence-electron chi connectivity index (χ4n) is 1.50. The van der Waals surface area contributed by atoms with Crippen molar-refractivity contribution >= 4 is 5.69 Å². The molecule has 0 radical (unpaired) electrons. The van der Waals surface area contributed by atoms with Gasteiger partial charge in [0.05, 0.1) is 10.6 Å². The molecule has 1 heterocycles. The number of nitro groups is 1. The summed E-state index contributed by atoms with van der Waals surface area (Å²) >= 11 is 0. The lowest BCUT2D eigenvalue weighted by Gasteiger charge is -2.01. The summed E-state index contributed by atoms with van der Waals surface area (Å²) in [5, 5.41) is 17.0. The molecule has 82 valence electrons. The Labute approximate surface area is 90.1 Å². The first-order valence-corrected chi connectivity index (χ1v) is 4.55. The molecule has 0 saturated heterocycles. The molecule has 0 atom stereocenters. The van der Waals surface area contributed by atoms with E-state index in [9.17, 15) is 14.5 Å². The van der Waals surface area contributed by atoms with Gasteiger partial charge < -0.3 is 0 Å². The zero-order chi connectivity index (χ0) is 11.7. The minimum absolute atomic E-state index is 0.181. The lowest BCUT2D eigenvalue weighted by atomic mass is 10.1. The van der Waals surface area contributed by atoms with Gasteiger partial charge in [0.1, 0.15) is 0 Å². The first-order chi connectivity index (χ1) is 7.61. The molecule has 5 nitrogen and oxygen atoms in total. The van der Waals surface area contributed by atoms with Crippen molar-refractivity contribution in [2.24, 2.45) is 0 Å². The summed E-state index contributed by atoms with van der Waals surface area (Å²) in [6, 6.07) is 4.07. The molecule has 2 rings (SSSR count). The van der Waals surface area contributed by atoms with Crippen molar-refractivity contribution in [3.63, 3.8) is 0 Å². The van der Waals surface area contributed by atoms with E-state index in [0.717, 1.165) is 6.07 Å². The molecule has 16 heavy (non-hydrogen) atoms. The van der Waals surface area contributed by atoms with Crippen LogP contribution in [0.2, 0.25) is 0 Å². The van der Waals surface area contributed by atoms with Crippen molar-refractivity contribution in [3.8, 4) is 11.1 Å². The maximum atomic E-state index is 13.8. The van der Waals surface area contributed by atoms with Crippen LogP contribution in [0.5, 0.6) is 0 Å². The van der Waals surface area contributed by atoms with Gasteiger partial charge in [0.15, 0.2) is 0 Å². The number of rotatable bonds is 2. The minimum atomic E-state index is -0.836. The van der Waals surface area contributed by atoms with Gasteiger partial charge in [0.2, 0.25) is 5.82 Å². The van der Waals surface area contributed by atoms with E-state index in [1.165, 1.54) is 18.3 Å². The largest absolute Gasteiger partial charge is 0.305 e. The third kappa shape index (κ3) is 1.54. The van der Waals surface area contributed by atoms with Gasteiger partial charge in [-0.3, -0.25) is 15.2 Å². The molecular weight excluding hydrogens is 213 g/mol. The van der Waals surface area contributed by atoms with Crippen LogP contribution in [-0.2, 0) is 0 Å². The molecule has 0 bridgehead atoms. The van der Waals surface area contributed by atoms with Crippen LogP contribution in [0.3, 0.4) is 0 Å². The molecule has 0 saturated carbocycles. The smallest absolute Gasteiger partial charge is 0.285 e. The van der Waals surface area contributed by atoms with Gasteiger partial charge in [0.25, 0.3) is 0 Å². The monoisotopic (exact) mass is 221 g/mol. The van der Waals surface area contributed by atoms with E-state index in [1.54, 1.807) is 6.92 Å². The maximum absolute atomic E-state index is 13.8.